The Hall–Kier alpha value is -4.16. The fourth-order valence-electron chi connectivity index (χ4n) is 5.61. The van der Waals surface area contributed by atoms with Crippen molar-refractivity contribution in [2.45, 2.75) is 51.1 Å². The molecule has 0 spiro atoms. The molecule has 0 radical (unpaired) electrons. The maximum atomic E-state index is 13.9. The Balaban J connectivity index is 1.42. The maximum Gasteiger partial charge on any atom is 0.257 e. The number of hydrogen-bond donors (Lipinski definition) is 1. The number of hydrogen-bond acceptors (Lipinski definition) is 5. The number of amides is 2. The van der Waals surface area contributed by atoms with E-state index in [1.807, 2.05) is 19.1 Å². The molecule has 8 nitrogen and oxygen atoms in total. The normalized spacial score (nSPS) is 17.4. The zero-order valence-electron chi connectivity index (χ0n) is 22.8. The molecule has 2 amide bonds. The van der Waals surface area contributed by atoms with Gasteiger partial charge in [-0.05, 0) is 73.9 Å². The molecular formula is C31H31ClFN5O3. The van der Waals surface area contributed by atoms with E-state index >= 15 is 0 Å². The third-order valence-electron chi connectivity index (χ3n) is 7.90. The molecule has 1 aromatic heterocycles. The van der Waals surface area contributed by atoms with E-state index in [-0.39, 0.29) is 35.7 Å². The number of nitrogens with one attached hydrogen (secondary N) is 1. The summed E-state index contributed by atoms with van der Waals surface area (Å²) in [5.74, 6) is -0.678. The van der Waals surface area contributed by atoms with Crippen molar-refractivity contribution in [1.29, 1.82) is 5.26 Å². The number of benzene rings is 2. The molecule has 0 saturated carbocycles. The summed E-state index contributed by atoms with van der Waals surface area (Å²) >= 11 is 6.41. The first kappa shape index (κ1) is 28.4. The molecule has 10 heteroatoms. The summed E-state index contributed by atoms with van der Waals surface area (Å²) in [7, 11) is 0. The molecule has 0 bridgehead atoms. The highest BCUT2D eigenvalue weighted by Gasteiger charge is 2.30. The van der Waals surface area contributed by atoms with Crippen molar-refractivity contribution < 1.29 is 14.0 Å². The van der Waals surface area contributed by atoms with Gasteiger partial charge in [-0.25, -0.2) is 4.39 Å². The SMILES string of the molecule is Cc1ccc(Cl)c(Nc2cc(=O)n(CC(=O)N3CCCC3C#N)cc2C(=O)N2CCC(c3ccc(F)cc3)CC2)c1. The first-order chi connectivity index (χ1) is 19.7. The van der Waals surface area contributed by atoms with Crippen LogP contribution in [0.3, 0.4) is 0 Å². The van der Waals surface area contributed by atoms with Crippen LogP contribution in [0.15, 0.2) is 59.5 Å². The summed E-state index contributed by atoms with van der Waals surface area (Å²) < 4.78 is 14.6. The predicted octanol–water partition coefficient (Wildman–Crippen LogP) is 5.23. The molecule has 0 aliphatic carbocycles. The first-order valence-corrected chi connectivity index (χ1v) is 14.1. The van der Waals surface area contributed by atoms with Gasteiger partial charge < -0.3 is 19.7 Å². The van der Waals surface area contributed by atoms with Crippen LogP contribution in [-0.4, -0.2) is 51.9 Å². The number of aryl methyl sites for hydroxylation is 1. The molecule has 2 aliphatic rings. The number of rotatable bonds is 6. The Labute approximate surface area is 242 Å². The Kier molecular flexibility index (Phi) is 8.41. The molecule has 212 valence electrons. The van der Waals surface area contributed by atoms with Crippen molar-refractivity contribution in [2.24, 2.45) is 0 Å². The van der Waals surface area contributed by atoms with Gasteiger partial charge in [-0.15, -0.1) is 0 Å². The van der Waals surface area contributed by atoms with Gasteiger partial charge >= 0.3 is 0 Å². The second-order valence-corrected chi connectivity index (χ2v) is 11.1. The molecule has 1 N–H and O–H groups in total. The van der Waals surface area contributed by atoms with Gasteiger partial charge in [0.1, 0.15) is 18.4 Å². The first-order valence-electron chi connectivity index (χ1n) is 13.7. The van der Waals surface area contributed by atoms with E-state index in [2.05, 4.69) is 11.4 Å². The number of nitriles is 1. The van der Waals surface area contributed by atoms with Crippen LogP contribution in [-0.2, 0) is 11.3 Å². The number of anilines is 2. The van der Waals surface area contributed by atoms with E-state index in [4.69, 9.17) is 11.6 Å². The zero-order valence-corrected chi connectivity index (χ0v) is 23.5. The lowest BCUT2D eigenvalue weighted by molar-refractivity contribution is -0.131. The van der Waals surface area contributed by atoms with Crippen LogP contribution in [0.25, 0.3) is 0 Å². The van der Waals surface area contributed by atoms with Crippen LogP contribution < -0.4 is 10.9 Å². The molecule has 41 heavy (non-hydrogen) atoms. The lowest BCUT2D eigenvalue weighted by atomic mass is 9.89. The Bertz CT molecular complexity index is 1560. The molecule has 1 unspecified atom stereocenters. The highest BCUT2D eigenvalue weighted by atomic mass is 35.5. The number of carbonyl (C=O) groups excluding carboxylic acids is 2. The standard InChI is InChI=1S/C31H31ClFN5O3/c1-20-4-9-26(32)28(15-20)35-27-16-29(39)37(19-30(40)38-12-2-3-24(38)17-34)18-25(27)31(41)36-13-10-22(11-14-36)21-5-7-23(33)8-6-21/h4-9,15-16,18,22,24,35H,2-3,10-14,19H2,1H3. The smallest absolute Gasteiger partial charge is 0.257 e. The number of nitrogens with zero attached hydrogens (tertiary/aromatic N) is 4. The van der Waals surface area contributed by atoms with Crippen molar-refractivity contribution in [3.05, 3.63) is 92.6 Å². The van der Waals surface area contributed by atoms with Crippen molar-refractivity contribution >= 4 is 34.8 Å². The van der Waals surface area contributed by atoms with Gasteiger partial charge in [0.15, 0.2) is 0 Å². The fraction of sp³-hybridized carbons (Fsp3) is 0.355. The van der Waals surface area contributed by atoms with Gasteiger partial charge in [0.2, 0.25) is 5.91 Å². The van der Waals surface area contributed by atoms with E-state index in [1.54, 1.807) is 23.1 Å². The van der Waals surface area contributed by atoms with Crippen molar-refractivity contribution in [3.8, 4) is 6.07 Å². The number of piperidine rings is 1. The van der Waals surface area contributed by atoms with Gasteiger partial charge in [0.05, 0.1) is 28.0 Å². The van der Waals surface area contributed by atoms with Crippen LogP contribution >= 0.6 is 11.6 Å². The van der Waals surface area contributed by atoms with Gasteiger partial charge in [-0.1, -0.05) is 29.8 Å². The summed E-state index contributed by atoms with van der Waals surface area (Å²) in [6.45, 7) is 3.08. The molecule has 5 rings (SSSR count). The van der Waals surface area contributed by atoms with Crippen molar-refractivity contribution in [2.75, 3.05) is 25.0 Å². The Morgan fingerprint density at radius 3 is 2.49 bits per heavy atom. The van der Waals surface area contributed by atoms with Crippen LogP contribution in [0.1, 0.15) is 53.1 Å². The minimum Gasteiger partial charge on any atom is -0.353 e. The van der Waals surface area contributed by atoms with Crippen molar-refractivity contribution in [1.82, 2.24) is 14.4 Å². The number of pyridine rings is 1. The Morgan fingerprint density at radius 2 is 1.78 bits per heavy atom. The van der Waals surface area contributed by atoms with E-state index in [0.29, 0.717) is 55.3 Å². The second-order valence-electron chi connectivity index (χ2n) is 10.7. The van der Waals surface area contributed by atoms with Gasteiger partial charge in [0.25, 0.3) is 11.5 Å². The van der Waals surface area contributed by atoms with Crippen LogP contribution in [0.4, 0.5) is 15.8 Å². The molecule has 2 fully saturated rings. The molecule has 2 aliphatic heterocycles. The highest BCUT2D eigenvalue weighted by molar-refractivity contribution is 6.33. The van der Waals surface area contributed by atoms with E-state index < -0.39 is 11.6 Å². The summed E-state index contributed by atoms with van der Waals surface area (Å²) in [5, 5.41) is 13.0. The quantitative estimate of drug-likeness (QED) is 0.434. The molecule has 1 atom stereocenters. The van der Waals surface area contributed by atoms with Crippen LogP contribution in [0.5, 0.6) is 0 Å². The lowest BCUT2D eigenvalue weighted by Crippen LogP contribution is -2.40. The predicted molar refractivity (Wildman–Crippen MR) is 155 cm³/mol. The third-order valence-corrected chi connectivity index (χ3v) is 8.23. The number of likely N-dealkylation sites (tertiary alicyclic amines) is 2. The van der Waals surface area contributed by atoms with Crippen LogP contribution in [0.2, 0.25) is 5.02 Å². The maximum absolute atomic E-state index is 13.9. The molecule has 2 saturated heterocycles. The molecule has 2 aromatic carbocycles. The summed E-state index contributed by atoms with van der Waals surface area (Å²) in [6.07, 6.45) is 4.20. The molecular weight excluding hydrogens is 545 g/mol. The average molecular weight is 576 g/mol. The molecule has 3 heterocycles. The summed E-state index contributed by atoms with van der Waals surface area (Å²) in [6, 6.07) is 14.9. The zero-order chi connectivity index (χ0) is 29.1. The minimum atomic E-state index is -0.508. The van der Waals surface area contributed by atoms with E-state index in [0.717, 1.165) is 17.5 Å². The van der Waals surface area contributed by atoms with Gasteiger partial charge in [-0.3, -0.25) is 14.4 Å². The Morgan fingerprint density at radius 1 is 1.05 bits per heavy atom. The van der Waals surface area contributed by atoms with Crippen LogP contribution in [0, 0.1) is 24.1 Å². The number of aromatic nitrogens is 1. The minimum absolute atomic E-state index is 0.212. The lowest BCUT2D eigenvalue weighted by Gasteiger charge is -2.33. The van der Waals surface area contributed by atoms with E-state index in [1.165, 1.54) is 33.9 Å². The van der Waals surface area contributed by atoms with Gasteiger partial charge in [0, 0.05) is 31.9 Å². The molecule has 3 aromatic rings. The second kappa shape index (κ2) is 12.1. The van der Waals surface area contributed by atoms with E-state index in [9.17, 15) is 24.0 Å². The average Bonchev–Trinajstić information content (AvgIpc) is 3.46. The summed E-state index contributed by atoms with van der Waals surface area (Å²) in [5.41, 5.74) is 2.63. The third kappa shape index (κ3) is 6.28. The monoisotopic (exact) mass is 575 g/mol. The number of halogens is 2. The number of carbonyl (C=O) groups is 2. The topological polar surface area (TPSA) is 98.4 Å². The largest absolute Gasteiger partial charge is 0.353 e. The fourth-order valence-corrected chi connectivity index (χ4v) is 5.77. The van der Waals surface area contributed by atoms with Crippen molar-refractivity contribution in [3.63, 3.8) is 0 Å². The summed E-state index contributed by atoms with van der Waals surface area (Å²) in [4.78, 5) is 43.3. The van der Waals surface area contributed by atoms with Gasteiger partial charge in [-0.2, -0.15) is 5.26 Å². The highest BCUT2D eigenvalue weighted by Crippen LogP contribution is 2.31.